The number of rotatable bonds is 7. The van der Waals surface area contributed by atoms with Crippen LogP contribution < -0.4 is 10.1 Å². The van der Waals surface area contributed by atoms with Crippen molar-refractivity contribution in [3.8, 4) is 5.75 Å². The molecule has 2 nitrogen and oxygen atoms in total. The van der Waals surface area contributed by atoms with Gasteiger partial charge in [0.15, 0.2) is 0 Å². The molecule has 1 atom stereocenters. The summed E-state index contributed by atoms with van der Waals surface area (Å²) in [7, 11) is 1.70. The van der Waals surface area contributed by atoms with Gasteiger partial charge in [0.25, 0.3) is 0 Å². The topological polar surface area (TPSA) is 21.3 Å². The summed E-state index contributed by atoms with van der Waals surface area (Å²) in [4.78, 5) is 0. The maximum absolute atomic E-state index is 6.09. The fourth-order valence-electron chi connectivity index (χ4n) is 2.38. The quantitative estimate of drug-likeness (QED) is 0.805. The van der Waals surface area contributed by atoms with Gasteiger partial charge in [-0.1, -0.05) is 42.8 Å². The molecule has 0 saturated carbocycles. The number of halogens is 1. The normalized spacial score (nSPS) is 12.1. The van der Waals surface area contributed by atoms with Crippen LogP contribution in [0.2, 0.25) is 5.02 Å². The molecule has 0 aliphatic heterocycles. The predicted octanol–water partition coefficient (Wildman–Crippen LogP) is 4.63. The minimum Gasteiger partial charge on any atom is -0.497 e. The van der Waals surface area contributed by atoms with E-state index in [9.17, 15) is 0 Å². The monoisotopic (exact) mass is 303 g/mol. The highest BCUT2D eigenvalue weighted by atomic mass is 35.5. The first-order valence-electron chi connectivity index (χ1n) is 7.34. The van der Waals surface area contributed by atoms with Crippen LogP contribution in [0.4, 0.5) is 0 Å². The van der Waals surface area contributed by atoms with Gasteiger partial charge in [-0.2, -0.15) is 0 Å². The summed E-state index contributed by atoms with van der Waals surface area (Å²) in [6.45, 7) is 3.16. The van der Waals surface area contributed by atoms with E-state index >= 15 is 0 Å². The average molecular weight is 304 g/mol. The Morgan fingerprint density at radius 3 is 2.67 bits per heavy atom. The lowest BCUT2D eigenvalue weighted by molar-refractivity contribution is 0.412. The van der Waals surface area contributed by atoms with Crippen molar-refractivity contribution in [1.82, 2.24) is 5.32 Å². The molecule has 0 amide bonds. The Morgan fingerprint density at radius 1 is 1.14 bits per heavy atom. The van der Waals surface area contributed by atoms with E-state index in [0.717, 1.165) is 30.2 Å². The van der Waals surface area contributed by atoms with Gasteiger partial charge in [-0.25, -0.2) is 0 Å². The molecule has 0 aliphatic carbocycles. The van der Waals surface area contributed by atoms with E-state index in [4.69, 9.17) is 16.3 Å². The molecule has 1 N–H and O–H groups in total. The van der Waals surface area contributed by atoms with Gasteiger partial charge < -0.3 is 10.1 Å². The minimum absolute atomic E-state index is 0.263. The highest BCUT2D eigenvalue weighted by Crippen LogP contribution is 2.23. The van der Waals surface area contributed by atoms with E-state index in [1.807, 2.05) is 30.3 Å². The fourth-order valence-corrected chi connectivity index (χ4v) is 2.60. The van der Waals surface area contributed by atoms with Crippen LogP contribution in [0, 0.1) is 0 Å². The molecular weight excluding hydrogens is 282 g/mol. The zero-order valence-electron chi connectivity index (χ0n) is 12.6. The first kappa shape index (κ1) is 15.9. The summed E-state index contributed by atoms with van der Waals surface area (Å²) in [6.07, 6.45) is 2.02. The van der Waals surface area contributed by atoms with Crippen molar-refractivity contribution in [2.75, 3.05) is 13.7 Å². The molecule has 0 aromatic heterocycles. The number of hydrogen-bond acceptors (Lipinski definition) is 2. The molecule has 0 aliphatic rings. The van der Waals surface area contributed by atoms with E-state index in [-0.39, 0.29) is 6.04 Å². The number of methoxy groups -OCH3 is 1. The Bertz CT molecular complexity index is 571. The minimum atomic E-state index is 0.263. The Labute approximate surface area is 132 Å². The van der Waals surface area contributed by atoms with Gasteiger partial charge >= 0.3 is 0 Å². The maximum Gasteiger partial charge on any atom is 0.119 e. The van der Waals surface area contributed by atoms with E-state index < -0.39 is 0 Å². The van der Waals surface area contributed by atoms with Crippen molar-refractivity contribution in [1.29, 1.82) is 0 Å². The molecule has 0 bridgehead atoms. The first-order valence-corrected chi connectivity index (χ1v) is 7.72. The molecule has 2 rings (SSSR count). The van der Waals surface area contributed by atoms with Crippen LogP contribution in [-0.2, 0) is 6.42 Å². The van der Waals surface area contributed by atoms with Gasteiger partial charge in [0.1, 0.15) is 5.75 Å². The van der Waals surface area contributed by atoms with Crippen LogP contribution in [0.3, 0.4) is 0 Å². The van der Waals surface area contributed by atoms with Crippen molar-refractivity contribution >= 4 is 11.6 Å². The molecular formula is C18H22ClNO. The Morgan fingerprint density at radius 2 is 1.95 bits per heavy atom. The molecule has 112 valence electrons. The Kier molecular flexibility index (Phi) is 6.09. The van der Waals surface area contributed by atoms with Crippen LogP contribution in [0.1, 0.15) is 30.5 Å². The molecule has 1 unspecified atom stereocenters. The number of hydrogen-bond donors (Lipinski definition) is 1. The lowest BCUT2D eigenvalue weighted by Gasteiger charge is -2.20. The molecule has 2 aromatic carbocycles. The maximum atomic E-state index is 6.09. The molecule has 0 spiro atoms. The molecule has 3 heteroatoms. The van der Waals surface area contributed by atoms with Crippen LogP contribution in [-0.4, -0.2) is 13.7 Å². The summed E-state index contributed by atoms with van der Waals surface area (Å²) >= 11 is 6.09. The molecule has 0 radical (unpaired) electrons. The molecule has 0 fully saturated rings. The Hall–Kier alpha value is -1.51. The summed E-state index contributed by atoms with van der Waals surface area (Å²) < 4.78 is 5.33. The summed E-state index contributed by atoms with van der Waals surface area (Å²) in [5.74, 6) is 0.891. The van der Waals surface area contributed by atoms with E-state index in [2.05, 4.69) is 30.4 Å². The third-order valence-electron chi connectivity index (χ3n) is 3.47. The lowest BCUT2D eigenvalue weighted by Crippen LogP contribution is -2.24. The van der Waals surface area contributed by atoms with Crippen molar-refractivity contribution in [2.24, 2.45) is 0 Å². The molecule has 0 saturated heterocycles. The average Bonchev–Trinajstić information content (AvgIpc) is 2.51. The second kappa shape index (κ2) is 8.06. The third kappa shape index (κ3) is 4.76. The standard InChI is InChI=1S/C18H22ClNO/c1-3-10-20-18(12-14-6-4-8-16(19)11-14)15-7-5-9-17(13-15)21-2/h4-9,11,13,18,20H,3,10,12H2,1-2H3. The van der Waals surface area contributed by atoms with Crippen molar-refractivity contribution < 1.29 is 4.74 Å². The van der Waals surface area contributed by atoms with E-state index in [0.29, 0.717) is 0 Å². The largest absolute Gasteiger partial charge is 0.497 e. The highest BCUT2D eigenvalue weighted by molar-refractivity contribution is 6.30. The second-order valence-electron chi connectivity index (χ2n) is 5.12. The lowest BCUT2D eigenvalue weighted by atomic mass is 9.98. The SMILES string of the molecule is CCCNC(Cc1cccc(Cl)c1)c1cccc(OC)c1. The van der Waals surface area contributed by atoms with Crippen molar-refractivity contribution in [2.45, 2.75) is 25.8 Å². The predicted molar refractivity (Wildman–Crippen MR) is 89.2 cm³/mol. The van der Waals surface area contributed by atoms with Crippen molar-refractivity contribution in [3.63, 3.8) is 0 Å². The van der Waals surface area contributed by atoms with Gasteiger partial charge in [-0.05, 0) is 54.8 Å². The zero-order valence-corrected chi connectivity index (χ0v) is 13.4. The van der Waals surface area contributed by atoms with Gasteiger partial charge in [0.05, 0.1) is 7.11 Å². The van der Waals surface area contributed by atoms with Crippen molar-refractivity contribution in [3.05, 3.63) is 64.7 Å². The van der Waals surface area contributed by atoms with Gasteiger partial charge in [-0.15, -0.1) is 0 Å². The second-order valence-corrected chi connectivity index (χ2v) is 5.55. The van der Waals surface area contributed by atoms with Gasteiger partial charge in [0, 0.05) is 11.1 Å². The van der Waals surface area contributed by atoms with Crippen LogP contribution in [0.15, 0.2) is 48.5 Å². The number of ether oxygens (including phenoxy) is 1. The first-order chi connectivity index (χ1) is 10.2. The number of benzene rings is 2. The molecule has 0 heterocycles. The fraction of sp³-hybridized carbons (Fsp3) is 0.333. The highest BCUT2D eigenvalue weighted by Gasteiger charge is 2.12. The van der Waals surface area contributed by atoms with Crippen LogP contribution in [0.25, 0.3) is 0 Å². The molecule has 2 aromatic rings. The van der Waals surface area contributed by atoms with Gasteiger partial charge in [-0.3, -0.25) is 0 Å². The van der Waals surface area contributed by atoms with Crippen LogP contribution >= 0.6 is 11.6 Å². The Balaban J connectivity index is 2.20. The van der Waals surface area contributed by atoms with E-state index in [1.54, 1.807) is 7.11 Å². The summed E-state index contributed by atoms with van der Waals surface area (Å²) in [5.41, 5.74) is 2.47. The smallest absolute Gasteiger partial charge is 0.119 e. The third-order valence-corrected chi connectivity index (χ3v) is 3.70. The van der Waals surface area contributed by atoms with E-state index in [1.165, 1.54) is 11.1 Å². The molecule has 21 heavy (non-hydrogen) atoms. The summed E-state index contributed by atoms with van der Waals surface area (Å²) in [6, 6.07) is 16.6. The van der Waals surface area contributed by atoms with Gasteiger partial charge in [0.2, 0.25) is 0 Å². The zero-order chi connectivity index (χ0) is 15.1. The van der Waals surface area contributed by atoms with Crippen LogP contribution in [0.5, 0.6) is 5.75 Å². The number of nitrogens with one attached hydrogen (secondary N) is 1. The summed E-state index contributed by atoms with van der Waals surface area (Å²) in [5, 5.41) is 4.39.